The Balaban J connectivity index is 1.83. The fourth-order valence-corrected chi connectivity index (χ4v) is 3.14. The van der Waals surface area contributed by atoms with Crippen LogP contribution in [0.5, 0.6) is 5.75 Å². The van der Waals surface area contributed by atoms with Gasteiger partial charge in [0.2, 0.25) is 0 Å². The zero-order valence-corrected chi connectivity index (χ0v) is 12.3. The SMILES string of the molecule is COc1ccc([C@@H](C)N2Cc3ccccc3C2C)cc1. The Morgan fingerprint density at radius 1 is 1.10 bits per heavy atom. The Kier molecular flexibility index (Phi) is 3.49. The number of rotatable bonds is 3. The molecule has 2 nitrogen and oxygen atoms in total. The normalized spacial score (nSPS) is 19.6. The highest BCUT2D eigenvalue weighted by Gasteiger charge is 2.30. The Hall–Kier alpha value is -1.80. The molecule has 3 rings (SSSR count). The second-order valence-electron chi connectivity index (χ2n) is 5.50. The van der Waals surface area contributed by atoms with E-state index < -0.39 is 0 Å². The predicted molar refractivity (Wildman–Crippen MR) is 81.8 cm³/mol. The van der Waals surface area contributed by atoms with Crippen molar-refractivity contribution in [3.05, 3.63) is 65.2 Å². The van der Waals surface area contributed by atoms with Gasteiger partial charge in [-0.25, -0.2) is 0 Å². The maximum atomic E-state index is 5.23. The number of methoxy groups -OCH3 is 1. The first-order valence-corrected chi connectivity index (χ1v) is 7.18. The lowest BCUT2D eigenvalue weighted by Gasteiger charge is -2.29. The average molecular weight is 267 g/mol. The summed E-state index contributed by atoms with van der Waals surface area (Å²) in [6, 6.07) is 18.1. The van der Waals surface area contributed by atoms with Gasteiger partial charge in [-0.05, 0) is 42.7 Å². The lowest BCUT2D eigenvalue weighted by molar-refractivity contribution is 0.168. The third-order valence-electron chi connectivity index (χ3n) is 4.45. The van der Waals surface area contributed by atoms with Crippen molar-refractivity contribution in [3.63, 3.8) is 0 Å². The number of hydrogen-bond donors (Lipinski definition) is 0. The molecule has 1 aliphatic rings. The van der Waals surface area contributed by atoms with E-state index in [2.05, 4.69) is 55.1 Å². The minimum atomic E-state index is 0.406. The summed E-state index contributed by atoms with van der Waals surface area (Å²) in [4.78, 5) is 2.55. The molecule has 2 heteroatoms. The summed E-state index contributed by atoms with van der Waals surface area (Å²) in [6.07, 6.45) is 0. The standard InChI is InChI=1S/C18H21NO/c1-13(15-8-10-17(20-3)11-9-15)19-12-16-6-4-5-7-18(16)14(19)2/h4-11,13-14H,12H2,1-3H3/t13-,14?/m1/s1. The quantitative estimate of drug-likeness (QED) is 0.820. The Morgan fingerprint density at radius 2 is 1.80 bits per heavy atom. The highest BCUT2D eigenvalue weighted by molar-refractivity contribution is 5.35. The van der Waals surface area contributed by atoms with E-state index in [0.29, 0.717) is 12.1 Å². The monoisotopic (exact) mass is 267 g/mol. The molecule has 2 aromatic carbocycles. The van der Waals surface area contributed by atoms with Crippen LogP contribution in [-0.2, 0) is 6.54 Å². The summed E-state index contributed by atoms with van der Waals surface area (Å²) in [5, 5.41) is 0. The summed E-state index contributed by atoms with van der Waals surface area (Å²) in [5.41, 5.74) is 4.26. The summed E-state index contributed by atoms with van der Waals surface area (Å²) >= 11 is 0. The molecule has 0 aromatic heterocycles. The van der Waals surface area contributed by atoms with E-state index in [1.807, 2.05) is 12.1 Å². The molecule has 1 aliphatic heterocycles. The van der Waals surface area contributed by atoms with Crippen LogP contribution in [0.15, 0.2) is 48.5 Å². The second kappa shape index (κ2) is 5.29. The van der Waals surface area contributed by atoms with Crippen LogP contribution < -0.4 is 4.74 Å². The molecule has 0 bridgehead atoms. The molecule has 0 N–H and O–H groups in total. The van der Waals surface area contributed by atoms with Crippen LogP contribution in [0.4, 0.5) is 0 Å². The van der Waals surface area contributed by atoms with Crippen molar-refractivity contribution in [2.75, 3.05) is 7.11 Å². The summed E-state index contributed by atoms with van der Waals surface area (Å²) < 4.78 is 5.23. The topological polar surface area (TPSA) is 12.5 Å². The smallest absolute Gasteiger partial charge is 0.118 e. The fourth-order valence-electron chi connectivity index (χ4n) is 3.14. The van der Waals surface area contributed by atoms with E-state index >= 15 is 0 Å². The van der Waals surface area contributed by atoms with Gasteiger partial charge in [0.05, 0.1) is 7.11 Å². The van der Waals surface area contributed by atoms with Gasteiger partial charge in [0.1, 0.15) is 5.75 Å². The fraction of sp³-hybridized carbons (Fsp3) is 0.333. The Labute approximate surface area is 121 Å². The summed E-state index contributed by atoms with van der Waals surface area (Å²) in [7, 11) is 1.71. The minimum Gasteiger partial charge on any atom is -0.497 e. The molecule has 0 amide bonds. The van der Waals surface area contributed by atoms with Gasteiger partial charge in [-0.3, -0.25) is 4.90 Å². The third-order valence-corrected chi connectivity index (χ3v) is 4.45. The molecule has 1 heterocycles. The summed E-state index contributed by atoms with van der Waals surface area (Å²) in [6.45, 7) is 5.61. The molecule has 0 fully saturated rings. The van der Waals surface area contributed by atoms with E-state index in [9.17, 15) is 0 Å². The molecule has 20 heavy (non-hydrogen) atoms. The van der Waals surface area contributed by atoms with Crippen LogP contribution >= 0.6 is 0 Å². The molecule has 0 saturated carbocycles. The lowest BCUT2D eigenvalue weighted by Crippen LogP contribution is -2.23. The van der Waals surface area contributed by atoms with Gasteiger partial charge in [0.15, 0.2) is 0 Å². The third kappa shape index (κ3) is 2.20. The number of ether oxygens (including phenoxy) is 1. The van der Waals surface area contributed by atoms with Gasteiger partial charge < -0.3 is 4.74 Å². The zero-order chi connectivity index (χ0) is 14.1. The lowest BCUT2D eigenvalue weighted by atomic mass is 10.0. The zero-order valence-electron chi connectivity index (χ0n) is 12.3. The van der Waals surface area contributed by atoms with E-state index in [0.717, 1.165) is 12.3 Å². The van der Waals surface area contributed by atoms with Crippen molar-refractivity contribution in [2.45, 2.75) is 32.5 Å². The first-order valence-electron chi connectivity index (χ1n) is 7.18. The van der Waals surface area contributed by atoms with Crippen molar-refractivity contribution in [2.24, 2.45) is 0 Å². The molecule has 0 aliphatic carbocycles. The van der Waals surface area contributed by atoms with Crippen LogP contribution in [0.3, 0.4) is 0 Å². The van der Waals surface area contributed by atoms with Gasteiger partial charge in [0, 0.05) is 18.6 Å². The number of hydrogen-bond acceptors (Lipinski definition) is 2. The second-order valence-corrected chi connectivity index (χ2v) is 5.50. The minimum absolute atomic E-state index is 0.406. The molecular formula is C18H21NO. The van der Waals surface area contributed by atoms with Gasteiger partial charge >= 0.3 is 0 Å². The first-order chi connectivity index (χ1) is 9.70. The van der Waals surface area contributed by atoms with Gasteiger partial charge in [0.25, 0.3) is 0 Å². The highest BCUT2D eigenvalue weighted by atomic mass is 16.5. The first kappa shape index (κ1) is 13.2. The van der Waals surface area contributed by atoms with E-state index in [-0.39, 0.29) is 0 Å². The van der Waals surface area contributed by atoms with Crippen LogP contribution in [0, 0.1) is 0 Å². The number of benzene rings is 2. The Bertz CT molecular complexity index is 591. The molecule has 0 spiro atoms. The van der Waals surface area contributed by atoms with Crippen molar-refractivity contribution >= 4 is 0 Å². The maximum absolute atomic E-state index is 5.23. The van der Waals surface area contributed by atoms with Gasteiger partial charge in [-0.1, -0.05) is 36.4 Å². The van der Waals surface area contributed by atoms with Crippen LogP contribution in [0.1, 0.15) is 42.6 Å². The van der Waals surface area contributed by atoms with Crippen molar-refractivity contribution < 1.29 is 4.74 Å². The average Bonchev–Trinajstić information content (AvgIpc) is 2.84. The Morgan fingerprint density at radius 3 is 2.45 bits per heavy atom. The molecule has 0 radical (unpaired) electrons. The number of nitrogens with zero attached hydrogens (tertiary/aromatic N) is 1. The van der Waals surface area contributed by atoms with Crippen molar-refractivity contribution in [1.82, 2.24) is 4.90 Å². The highest BCUT2D eigenvalue weighted by Crippen LogP contribution is 2.39. The van der Waals surface area contributed by atoms with E-state index in [1.54, 1.807) is 7.11 Å². The van der Waals surface area contributed by atoms with Gasteiger partial charge in [-0.2, -0.15) is 0 Å². The predicted octanol–water partition coefficient (Wildman–Crippen LogP) is 4.33. The molecule has 0 saturated heterocycles. The van der Waals surface area contributed by atoms with Crippen molar-refractivity contribution in [3.8, 4) is 5.75 Å². The largest absolute Gasteiger partial charge is 0.497 e. The van der Waals surface area contributed by atoms with Crippen LogP contribution in [-0.4, -0.2) is 12.0 Å². The maximum Gasteiger partial charge on any atom is 0.118 e. The number of fused-ring (bicyclic) bond motifs is 1. The molecule has 2 atom stereocenters. The van der Waals surface area contributed by atoms with Crippen molar-refractivity contribution in [1.29, 1.82) is 0 Å². The van der Waals surface area contributed by atoms with Crippen LogP contribution in [0.25, 0.3) is 0 Å². The molecular weight excluding hydrogens is 246 g/mol. The molecule has 2 aromatic rings. The van der Waals surface area contributed by atoms with E-state index in [1.165, 1.54) is 16.7 Å². The molecule has 104 valence electrons. The van der Waals surface area contributed by atoms with E-state index in [4.69, 9.17) is 4.74 Å². The molecule has 1 unspecified atom stereocenters. The van der Waals surface area contributed by atoms with Crippen LogP contribution in [0.2, 0.25) is 0 Å². The van der Waals surface area contributed by atoms with Gasteiger partial charge in [-0.15, -0.1) is 0 Å². The summed E-state index contributed by atoms with van der Waals surface area (Å²) in [5.74, 6) is 0.915.